The predicted molar refractivity (Wildman–Crippen MR) is 88.9 cm³/mol. The Labute approximate surface area is 132 Å². The Kier molecular flexibility index (Phi) is 6.31. The minimum absolute atomic E-state index is 0.146. The average Bonchev–Trinajstić information content (AvgIpc) is 3.07. The van der Waals surface area contributed by atoms with Crippen molar-refractivity contribution in [2.24, 2.45) is 5.92 Å². The molecule has 1 fully saturated rings. The summed E-state index contributed by atoms with van der Waals surface area (Å²) < 4.78 is 5.30. The second kappa shape index (κ2) is 8.47. The van der Waals surface area contributed by atoms with Gasteiger partial charge in [0, 0.05) is 12.7 Å². The van der Waals surface area contributed by atoms with Gasteiger partial charge in [-0.05, 0) is 43.7 Å². The van der Waals surface area contributed by atoms with E-state index in [1.165, 1.54) is 31.3 Å². The molecule has 2 N–H and O–H groups in total. The maximum atomic E-state index is 11.8. The topological polar surface area (TPSA) is 50.4 Å². The summed E-state index contributed by atoms with van der Waals surface area (Å²) in [5.74, 6) is 1.51. The fourth-order valence-electron chi connectivity index (χ4n) is 2.95. The number of urea groups is 1. The Morgan fingerprint density at radius 2 is 2.05 bits per heavy atom. The van der Waals surface area contributed by atoms with Gasteiger partial charge in [-0.15, -0.1) is 0 Å². The van der Waals surface area contributed by atoms with Crippen molar-refractivity contribution in [3.63, 3.8) is 0 Å². The number of carbonyl (C=O) groups is 1. The normalized spacial score (nSPS) is 15.6. The van der Waals surface area contributed by atoms with Crippen LogP contribution in [0, 0.1) is 5.92 Å². The molecule has 1 aliphatic carbocycles. The molecule has 120 valence electrons. The van der Waals surface area contributed by atoms with Gasteiger partial charge in [-0.25, -0.2) is 4.79 Å². The van der Waals surface area contributed by atoms with E-state index in [-0.39, 0.29) is 6.03 Å². The molecule has 22 heavy (non-hydrogen) atoms. The monoisotopic (exact) mass is 302 g/mol. The first-order chi connectivity index (χ1) is 10.7. The second-order valence-electron chi connectivity index (χ2n) is 5.83. The maximum absolute atomic E-state index is 11.8. The third-order valence-electron chi connectivity index (χ3n) is 4.30. The molecule has 0 bridgehead atoms. The number of allylic oxidation sites excluding steroid dienone is 1. The summed E-state index contributed by atoms with van der Waals surface area (Å²) in [5, 5.41) is 5.71. The molecule has 0 atom stereocenters. The lowest BCUT2D eigenvalue weighted by atomic mass is 10.0. The van der Waals surface area contributed by atoms with Crippen LogP contribution in [0.3, 0.4) is 0 Å². The molecule has 0 aliphatic heterocycles. The quantitative estimate of drug-likeness (QED) is 0.843. The van der Waals surface area contributed by atoms with Crippen LogP contribution in [0.1, 0.15) is 38.2 Å². The molecule has 1 aromatic rings. The molecule has 0 spiro atoms. The molecule has 1 aromatic carbocycles. The lowest BCUT2D eigenvalue weighted by Gasteiger charge is -2.11. The SMILES string of the molecule is COc1ccccc1CCNC(=O)N/C=C(\C)C1CCCC1. The van der Waals surface area contributed by atoms with E-state index in [4.69, 9.17) is 4.74 Å². The molecule has 0 aromatic heterocycles. The maximum Gasteiger partial charge on any atom is 0.318 e. The third-order valence-corrected chi connectivity index (χ3v) is 4.30. The van der Waals surface area contributed by atoms with Gasteiger partial charge in [0.2, 0.25) is 0 Å². The van der Waals surface area contributed by atoms with Crippen LogP contribution in [0.2, 0.25) is 0 Å². The van der Waals surface area contributed by atoms with Crippen molar-refractivity contribution in [3.8, 4) is 5.75 Å². The van der Waals surface area contributed by atoms with Crippen LogP contribution in [0.4, 0.5) is 4.79 Å². The summed E-state index contributed by atoms with van der Waals surface area (Å²) in [7, 11) is 1.66. The van der Waals surface area contributed by atoms with Crippen LogP contribution in [0.25, 0.3) is 0 Å². The summed E-state index contributed by atoms with van der Waals surface area (Å²) in [6.45, 7) is 2.69. The van der Waals surface area contributed by atoms with Crippen LogP contribution >= 0.6 is 0 Å². The molecule has 0 saturated heterocycles. The number of hydrogen-bond donors (Lipinski definition) is 2. The highest BCUT2D eigenvalue weighted by Gasteiger charge is 2.16. The van der Waals surface area contributed by atoms with Crippen molar-refractivity contribution in [2.45, 2.75) is 39.0 Å². The van der Waals surface area contributed by atoms with Crippen LogP contribution in [-0.2, 0) is 6.42 Å². The Bertz CT molecular complexity index is 520. The molecular weight excluding hydrogens is 276 g/mol. The summed E-state index contributed by atoms with van der Waals surface area (Å²) in [5.41, 5.74) is 2.38. The van der Waals surface area contributed by atoms with E-state index in [9.17, 15) is 4.79 Å². The van der Waals surface area contributed by atoms with Crippen molar-refractivity contribution >= 4 is 6.03 Å². The van der Waals surface area contributed by atoms with Crippen molar-refractivity contribution in [1.29, 1.82) is 0 Å². The summed E-state index contributed by atoms with van der Waals surface area (Å²) in [6.07, 6.45) is 7.72. The highest BCUT2D eigenvalue weighted by Crippen LogP contribution is 2.30. The second-order valence-corrected chi connectivity index (χ2v) is 5.83. The van der Waals surface area contributed by atoms with Gasteiger partial charge in [-0.2, -0.15) is 0 Å². The number of methoxy groups -OCH3 is 1. The summed E-state index contributed by atoms with van der Waals surface area (Å²) in [4.78, 5) is 11.8. The fraction of sp³-hybridized carbons (Fsp3) is 0.500. The van der Waals surface area contributed by atoms with Crippen LogP contribution in [-0.4, -0.2) is 19.7 Å². The van der Waals surface area contributed by atoms with E-state index in [0.29, 0.717) is 12.5 Å². The Morgan fingerprint density at radius 1 is 1.32 bits per heavy atom. The number of hydrogen-bond acceptors (Lipinski definition) is 2. The zero-order chi connectivity index (χ0) is 15.8. The number of rotatable bonds is 6. The molecule has 1 aliphatic rings. The van der Waals surface area contributed by atoms with E-state index < -0.39 is 0 Å². The number of carbonyl (C=O) groups excluding carboxylic acids is 1. The smallest absolute Gasteiger partial charge is 0.318 e. The number of nitrogens with one attached hydrogen (secondary N) is 2. The van der Waals surface area contributed by atoms with Gasteiger partial charge < -0.3 is 15.4 Å². The molecule has 2 rings (SSSR count). The molecule has 4 heteroatoms. The number of para-hydroxylation sites is 1. The average molecular weight is 302 g/mol. The molecular formula is C18H26N2O2. The predicted octanol–water partition coefficient (Wildman–Crippen LogP) is 3.63. The van der Waals surface area contributed by atoms with E-state index in [1.807, 2.05) is 30.5 Å². The van der Waals surface area contributed by atoms with Gasteiger partial charge >= 0.3 is 6.03 Å². The van der Waals surface area contributed by atoms with E-state index in [2.05, 4.69) is 17.6 Å². The fourth-order valence-corrected chi connectivity index (χ4v) is 2.95. The first kappa shape index (κ1) is 16.4. The Morgan fingerprint density at radius 3 is 2.77 bits per heavy atom. The van der Waals surface area contributed by atoms with Crippen molar-refractivity contribution in [1.82, 2.24) is 10.6 Å². The summed E-state index contributed by atoms with van der Waals surface area (Å²) >= 11 is 0. The highest BCUT2D eigenvalue weighted by atomic mass is 16.5. The first-order valence-corrected chi connectivity index (χ1v) is 8.03. The van der Waals surface area contributed by atoms with E-state index in [0.717, 1.165) is 17.7 Å². The van der Waals surface area contributed by atoms with Crippen molar-refractivity contribution in [3.05, 3.63) is 41.6 Å². The van der Waals surface area contributed by atoms with Crippen molar-refractivity contribution < 1.29 is 9.53 Å². The van der Waals surface area contributed by atoms with Gasteiger partial charge in [-0.3, -0.25) is 0 Å². The van der Waals surface area contributed by atoms with E-state index in [1.54, 1.807) is 7.11 Å². The number of benzene rings is 1. The minimum Gasteiger partial charge on any atom is -0.496 e. The van der Waals surface area contributed by atoms with Gasteiger partial charge in [0.25, 0.3) is 0 Å². The van der Waals surface area contributed by atoms with Gasteiger partial charge in [0.15, 0.2) is 0 Å². The number of amides is 2. The Balaban J connectivity index is 1.72. The third kappa shape index (κ3) is 4.79. The van der Waals surface area contributed by atoms with Gasteiger partial charge in [0.05, 0.1) is 7.11 Å². The largest absolute Gasteiger partial charge is 0.496 e. The lowest BCUT2D eigenvalue weighted by molar-refractivity contribution is 0.244. The molecule has 2 amide bonds. The van der Waals surface area contributed by atoms with Crippen LogP contribution in [0.15, 0.2) is 36.0 Å². The molecule has 1 saturated carbocycles. The number of ether oxygens (including phenoxy) is 1. The van der Waals surface area contributed by atoms with Crippen LogP contribution < -0.4 is 15.4 Å². The molecule has 0 radical (unpaired) electrons. The minimum atomic E-state index is -0.146. The van der Waals surface area contributed by atoms with E-state index >= 15 is 0 Å². The highest BCUT2D eigenvalue weighted by molar-refractivity contribution is 5.74. The first-order valence-electron chi connectivity index (χ1n) is 8.03. The van der Waals surface area contributed by atoms with Gasteiger partial charge in [-0.1, -0.05) is 36.6 Å². The molecule has 0 heterocycles. The van der Waals surface area contributed by atoms with Crippen molar-refractivity contribution in [2.75, 3.05) is 13.7 Å². The zero-order valence-electron chi connectivity index (χ0n) is 13.5. The molecule has 4 nitrogen and oxygen atoms in total. The lowest BCUT2D eigenvalue weighted by Crippen LogP contribution is -2.34. The summed E-state index contributed by atoms with van der Waals surface area (Å²) in [6, 6.07) is 7.73. The zero-order valence-corrected chi connectivity index (χ0v) is 13.5. The standard InChI is InChI=1S/C18H26N2O2/c1-14(15-7-3-4-8-15)13-20-18(21)19-12-11-16-9-5-6-10-17(16)22-2/h5-6,9-10,13,15H,3-4,7-8,11-12H2,1-2H3,(H2,19,20,21)/b14-13+. The molecule has 0 unspecified atom stereocenters. The Hall–Kier alpha value is -1.97. The van der Waals surface area contributed by atoms with Crippen LogP contribution in [0.5, 0.6) is 5.75 Å². The van der Waals surface area contributed by atoms with Gasteiger partial charge in [0.1, 0.15) is 5.75 Å².